The summed E-state index contributed by atoms with van der Waals surface area (Å²) in [7, 11) is 2.61. The highest BCUT2D eigenvalue weighted by Gasteiger charge is 2.55. The molecule has 4 atom stereocenters. The number of carbonyl (C=O) groups is 4. The van der Waals surface area contributed by atoms with Crippen LogP contribution in [0.4, 0.5) is 0 Å². The number of ether oxygens (including phenoxy) is 4. The topological polar surface area (TPSA) is 105 Å². The Hall–Kier alpha value is -2.64. The summed E-state index contributed by atoms with van der Waals surface area (Å²) < 4.78 is 20.2. The molecule has 0 saturated heterocycles. The second kappa shape index (κ2) is 14.5. The third-order valence-electron chi connectivity index (χ3n) is 9.05. The lowest BCUT2D eigenvalue weighted by molar-refractivity contribution is -0.156. The van der Waals surface area contributed by atoms with Crippen molar-refractivity contribution in [3.8, 4) is 0 Å². The summed E-state index contributed by atoms with van der Waals surface area (Å²) in [4.78, 5) is 46.9. The summed E-state index contributed by atoms with van der Waals surface area (Å²) in [6.07, 6.45) is 10.3. The summed E-state index contributed by atoms with van der Waals surface area (Å²) in [6.45, 7) is 9.48. The summed E-state index contributed by atoms with van der Waals surface area (Å²) >= 11 is 0. The summed E-state index contributed by atoms with van der Waals surface area (Å²) in [5.74, 6) is -0.718. The predicted octanol–water partition coefficient (Wildman–Crippen LogP) is 5.48. The molecular weight excluding hydrogens is 488 g/mol. The van der Waals surface area contributed by atoms with Crippen LogP contribution < -0.4 is 0 Å². The van der Waals surface area contributed by atoms with Gasteiger partial charge in [-0.3, -0.25) is 19.2 Å². The first-order valence-corrected chi connectivity index (χ1v) is 13.8. The Morgan fingerprint density at radius 2 is 1.50 bits per heavy atom. The molecule has 0 amide bonds. The van der Waals surface area contributed by atoms with E-state index in [1.54, 1.807) is 0 Å². The fraction of sp³-hybridized carbons (Fsp3) is 0.733. The maximum atomic E-state index is 12.4. The van der Waals surface area contributed by atoms with Gasteiger partial charge in [-0.05, 0) is 75.7 Å². The Morgan fingerprint density at radius 3 is 2.11 bits per heavy atom. The fourth-order valence-corrected chi connectivity index (χ4v) is 6.22. The van der Waals surface area contributed by atoms with Gasteiger partial charge in [0.05, 0.1) is 39.9 Å². The molecular formula is C30H46O8. The molecule has 0 N–H and O–H groups in total. The molecule has 0 spiro atoms. The Morgan fingerprint density at radius 1 is 0.921 bits per heavy atom. The van der Waals surface area contributed by atoms with Crippen molar-refractivity contribution in [3.63, 3.8) is 0 Å². The van der Waals surface area contributed by atoms with Gasteiger partial charge in [0.25, 0.3) is 0 Å². The highest BCUT2D eigenvalue weighted by atomic mass is 16.5. The number of fused-ring (bicyclic) bond motifs is 1. The monoisotopic (exact) mass is 534 g/mol. The molecule has 2 rings (SSSR count). The van der Waals surface area contributed by atoms with Gasteiger partial charge < -0.3 is 18.9 Å². The smallest absolute Gasteiger partial charge is 0.306 e. The van der Waals surface area contributed by atoms with Crippen LogP contribution in [0.2, 0.25) is 0 Å². The lowest BCUT2D eigenvalue weighted by Gasteiger charge is -2.59. The second-order valence-corrected chi connectivity index (χ2v) is 11.2. The highest BCUT2D eigenvalue weighted by Crippen LogP contribution is 2.62. The first kappa shape index (κ1) is 31.6. The van der Waals surface area contributed by atoms with E-state index in [1.165, 1.54) is 19.8 Å². The van der Waals surface area contributed by atoms with E-state index >= 15 is 0 Å². The van der Waals surface area contributed by atoms with Crippen molar-refractivity contribution < 1.29 is 38.1 Å². The van der Waals surface area contributed by atoms with E-state index in [-0.39, 0.29) is 49.1 Å². The van der Waals surface area contributed by atoms with Gasteiger partial charge in [0.2, 0.25) is 0 Å². The Bertz CT molecular complexity index is 919. The minimum Gasteiger partial charge on any atom is -0.469 e. The van der Waals surface area contributed by atoms with Crippen molar-refractivity contribution in [1.29, 1.82) is 0 Å². The number of esters is 4. The van der Waals surface area contributed by atoms with Crippen molar-refractivity contribution in [1.82, 2.24) is 0 Å². The number of hydrogen-bond donors (Lipinski definition) is 0. The standard InChI is InChI=1S/C30H46O8/c1-21(16-19-37-27(33)12-10-25(31)35-5)14-17-29(4)22(2)15-18-30(23(3)8-7-9-24(29)30)20-38-28(34)13-11-26(32)36-6/h8,16,22,24H,7,9-15,17-20H2,1-6H3/b21-16+/t22-,24-,29+,30-/m1/s1. The number of allylic oxidation sites excluding steroid dienone is 2. The molecule has 1 saturated carbocycles. The fourth-order valence-electron chi connectivity index (χ4n) is 6.22. The van der Waals surface area contributed by atoms with E-state index in [2.05, 4.69) is 43.2 Å². The molecule has 2 aliphatic carbocycles. The third-order valence-corrected chi connectivity index (χ3v) is 9.05. The molecule has 0 bridgehead atoms. The van der Waals surface area contributed by atoms with Crippen molar-refractivity contribution >= 4 is 23.9 Å². The van der Waals surface area contributed by atoms with E-state index in [4.69, 9.17) is 9.47 Å². The van der Waals surface area contributed by atoms with Gasteiger partial charge in [-0.15, -0.1) is 0 Å². The zero-order valence-corrected chi connectivity index (χ0v) is 24.1. The first-order chi connectivity index (χ1) is 18.0. The SMILES string of the molecule is COC(=O)CCC(=O)OC/C=C(\C)CC[C@@]1(C)[C@H](C)CC[C@@]2(COC(=O)CCC(=O)OC)C(C)=CCC[C@@H]21. The van der Waals surface area contributed by atoms with E-state index < -0.39 is 17.9 Å². The molecule has 0 radical (unpaired) electrons. The minimum absolute atomic E-state index is 0.0129. The molecule has 1 fully saturated rings. The Labute approximate surface area is 227 Å². The summed E-state index contributed by atoms with van der Waals surface area (Å²) in [5, 5.41) is 0. The van der Waals surface area contributed by atoms with Gasteiger partial charge in [0, 0.05) is 5.41 Å². The largest absolute Gasteiger partial charge is 0.469 e. The molecule has 38 heavy (non-hydrogen) atoms. The normalized spacial score (nSPS) is 27.0. The van der Waals surface area contributed by atoms with Crippen LogP contribution in [0.1, 0.15) is 91.9 Å². The van der Waals surface area contributed by atoms with Crippen LogP contribution in [0.5, 0.6) is 0 Å². The van der Waals surface area contributed by atoms with Crippen LogP contribution in [0.15, 0.2) is 23.3 Å². The van der Waals surface area contributed by atoms with Crippen molar-refractivity contribution in [2.24, 2.45) is 22.7 Å². The molecule has 8 nitrogen and oxygen atoms in total. The molecule has 2 aliphatic rings. The Balaban J connectivity index is 2.03. The van der Waals surface area contributed by atoms with E-state index in [0.717, 1.165) is 44.1 Å². The molecule has 0 aromatic rings. The quantitative estimate of drug-likeness (QED) is 0.174. The summed E-state index contributed by atoms with van der Waals surface area (Å²) in [5.41, 5.74) is 2.33. The Kier molecular flexibility index (Phi) is 12.0. The molecule has 0 unspecified atom stereocenters. The molecule has 214 valence electrons. The summed E-state index contributed by atoms with van der Waals surface area (Å²) in [6, 6.07) is 0. The van der Waals surface area contributed by atoms with Gasteiger partial charge in [0.1, 0.15) is 13.2 Å². The van der Waals surface area contributed by atoms with Crippen molar-refractivity contribution in [3.05, 3.63) is 23.3 Å². The van der Waals surface area contributed by atoms with Crippen LogP contribution in [-0.4, -0.2) is 51.3 Å². The lowest BCUT2D eigenvalue weighted by Crippen LogP contribution is -2.53. The number of carbonyl (C=O) groups excluding carboxylic acids is 4. The van der Waals surface area contributed by atoms with Crippen LogP contribution in [0.3, 0.4) is 0 Å². The maximum Gasteiger partial charge on any atom is 0.306 e. The first-order valence-electron chi connectivity index (χ1n) is 13.8. The molecule has 0 aliphatic heterocycles. The molecule has 0 aromatic carbocycles. The van der Waals surface area contributed by atoms with Crippen molar-refractivity contribution in [2.45, 2.75) is 91.9 Å². The number of methoxy groups -OCH3 is 2. The predicted molar refractivity (Wildman–Crippen MR) is 143 cm³/mol. The van der Waals surface area contributed by atoms with Crippen molar-refractivity contribution in [2.75, 3.05) is 27.4 Å². The molecule has 0 heterocycles. The van der Waals surface area contributed by atoms with Gasteiger partial charge in [-0.1, -0.05) is 31.1 Å². The zero-order chi connectivity index (χ0) is 28.3. The maximum absolute atomic E-state index is 12.4. The van der Waals surface area contributed by atoms with Crippen LogP contribution >= 0.6 is 0 Å². The van der Waals surface area contributed by atoms with E-state index in [9.17, 15) is 19.2 Å². The zero-order valence-electron chi connectivity index (χ0n) is 24.1. The average molecular weight is 535 g/mol. The van der Waals surface area contributed by atoms with Gasteiger partial charge in [-0.2, -0.15) is 0 Å². The van der Waals surface area contributed by atoms with Crippen LogP contribution in [-0.2, 0) is 38.1 Å². The minimum atomic E-state index is -0.427. The lowest BCUT2D eigenvalue weighted by atomic mass is 9.46. The van der Waals surface area contributed by atoms with Gasteiger partial charge in [0.15, 0.2) is 0 Å². The van der Waals surface area contributed by atoms with Gasteiger partial charge in [-0.25, -0.2) is 0 Å². The highest BCUT2D eigenvalue weighted by molar-refractivity contribution is 5.78. The van der Waals surface area contributed by atoms with Crippen LogP contribution in [0.25, 0.3) is 0 Å². The van der Waals surface area contributed by atoms with Gasteiger partial charge >= 0.3 is 23.9 Å². The van der Waals surface area contributed by atoms with E-state index in [1.807, 2.05) is 6.08 Å². The number of rotatable bonds is 13. The second-order valence-electron chi connectivity index (χ2n) is 11.2. The molecule has 8 heteroatoms. The average Bonchev–Trinajstić information content (AvgIpc) is 2.91. The van der Waals surface area contributed by atoms with E-state index in [0.29, 0.717) is 18.4 Å². The van der Waals surface area contributed by atoms with Crippen LogP contribution in [0, 0.1) is 22.7 Å². The third kappa shape index (κ3) is 8.18. The number of hydrogen-bond acceptors (Lipinski definition) is 8. The molecule has 0 aromatic heterocycles.